The van der Waals surface area contributed by atoms with E-state index in [2.05, 4.69) is 39.0 Å². The Hall–Kier alpha value is -4.61. The van der Waals surface area contributed by atoms with Crippen molar-refractivity contribution in [3.63, 3.8) is 0 Å². The summed E-state index contributed by atoms with van der Waals surface area (Å²) in [5.74, 6) is -0.763. The number of anilines is 2. The lowest BCUT2D eigenvalue weighted by Gasteiger charge is -2.39. The van der Waals surface area contributed by atoms with Gasteiger partial charge >= 0.3 is 18.1 Å². The number of fused-ring (bicyclic) bond motifs is 1. The van der Waals surface area contributed by atoms with Gasteiger partial charge in [0, 0.05) is 31.5 Å². The smallest absolute Gasteiger partial charge is 0.412 e. The lowest BCUT2D eigenvalue weighted by Crippen LogP contribution is -2.51. The number of aromatic nitrogens is 2. The summed E-state index contributed by atoms with van der Waals surface area (Å²) in [4.78, 5) is 47.9. The van der Waals surface area contributed by atoms with Crippen LogP contribution < -0.4 is 26.0 Å². The molecule has 39 heavy (non-hydrogen) atoms. The number of nitrogens with two attached hydrogens (primary N) is 1. The van der Waals surface area contributed by atoms with Crippen LogP contribution in [0.4, 0.5) is 21.0 Å². The maximum atomic E-state index is 13.5. The van der Waals surface area contributed by atoms with Gasteiger partial charge in [0.15, 0.2) is 11.1 Å². The van der Waals surface area contributed by atoms with Crippen molar-refractivity contribution in [2.24, 2.45) is 11.7 Å². The molecule has 1 aliphatic rings. The summed E-state index contributed by atoms with van der Waals surface area (Å²) >= 11 is 0. The molecule has 0 aromatic carbocycles. The number of hydrogen-bond acceptors (Lipinski definition) is 9. The summed E-state index contributed by atoms with van der Waals surface area (Å²) in [7, 11) is 0. The fourth-order valence-electron chi connectivity index (χ4n) is 4.52. The molecule has 1 saturated heterocycles. The van der Waals surface area contributed by atoms with Crippen LogP contribution in [0, 0.1) is 5.92 Å². The number of primary amides is 1. The third-order valence-electron chi connectivity index (χ3n) is 5.94. The predicted molar refractivity (Wildman–Crippen MR) is 146 cm³/mol. The van der Waals surface area contributed by atoms with Crippen LogP contribution in [0.15, 0.2) is 41.7 Å². The highest BCUT2D eigenvalue weighted by atomic mass is 16.6. The molecule has 206 valence electrons. The van der Waals surface area contributed by atoms with E-state index in [1.54, 1.807) is 24.4 Å². The Labute approximate surface area is 225 Å². The molecule has 2 atom stereocenters. The Morgan fingerprint density at radius 3 is 2.72 bits per heavy atom. The number of ether oxygens (including phenoxy) is 2. The van der Waals surface area contributed by atoms with Crippen molar-refractivity contribution in [2.45, 2.75) is 45.8 Å². The van der Waals surface area contributed by atoms with Gasteiger partial charge in [0.25, 0.3) is 5.91 Å². The van der Waals surface area contributed by atoms with Crippen LogP contribution in [-0.4, -0.2) is 52.8 Å². The molecule has 4 rings (SSSR count). The maximum absolute atomic E-state index is 13.5. The topological polar surface area (TPSA) is 162 Å². The standard InChI is InChI=1S/C27H32N6O6/c1-6-16-10-20-22(30-11-16)21(24(37-20)38-25(28)35)23(34)32-18-12-29-8-7-19(18)33-13-15(2)9-17(14-33)31-26(36)39-27(3,4)5/h6-8,10-12,15,17H,1,9,13-14H2,2-5H3,(H2,28,35)(H,31,36)(H,32,34)/t15-,17+/m1/s1. The second kappa shape index (κ2) is 11.0. The van der Waals surface area contributed by atoms with Crippen molar-refractivity contribution in [2.75, 3.05) is 23.3 Å². The molecule has 1 aliphatic heterocycles. The van der Waals surface area contributed by atoms with Crippen LogP contribution in [0.3, 0.4) is 0 Å². The fraction of sp³-hybridized carbons (Fsp3) is 0.370. The van der Waals surface area contributed by atoms with E-state index in [0.717, 1.165) is 6.42 Å². The van der Waals surface area contributed by atoms with Gasteiger partial charge in [0.2, 0.25) is 0 Å². The minimum Gasteiger partial charge on any atom is -0.444 e. The zero-order valence-electron chi connectivity index (χ0n) is 22.3. The largest absolute Gasteiger partial charge is 0.444 e. The van der Waals surface area contributed by atoms with Gasteiger partial charge in [-0.15, -0.1) is 0 Å². The Balaban J connectivity index is 1.60. The van der Waals surface area contributed by atoms with Gasteiger partial charge in [-0.2, -0.15) is 0 Å². The molecule has 1 fully saturated rings. The third-order valence-corrected chi connectivity index (χ3v) is 5.94. The molecule has 3 amide bonds. The molecule has 12 heteroatoms. The van der Waals surface area contributed by atoms with Gasteiger partial charge in [-0.25, -0.2) is 9.59 Å². The Morgan fingerprint density at radius 2 is 2.03 bits per heavy atom. The highest BCUT2D eigenvalue weighted by Crippen LogP contribution is 2.34. The number of alkyl carbamates (subject to hydrolysis) is 1. The van der Waals surface area contributed by atoms with E-state index < -0.39 is 23.7 Å². The first-order chi connectivity index (χ1) is 18.4. The highest BCUT2D eigenvalue weighted by Gasteiger charge is 2.30. The molecular formula is C27H32N6O6. The molecule has 4 N–H and O–H groups in total. The lowest BCUT2D eigenvalue weighted by atomic mass is 9.95. The number of nitrogens with zero attached hydrogens (tertiary/aromatic N) is 3. The van der Waals surface area contributed by atoms with Gasteiger partial charge in [-0.1, -0.05) is 19.6 Å². The summed E-state index contributed by atoms with van der Waals surface area (Å²) in [5, 5.41) is 5.79. The number of nitrogens with one attached hydrogen (secondary N) is 2. The van der Waals surface area contributed by atoms with Crippen LogP contribution >= 0.6 is 0 Å². The van der Waals surface area contributed by atoms with Crippen molar-refractivity contribution in [1.29, 1.82) is 0 Å². The monoisotopic (exact) mass is 536 g/mol. The van der Waals surface area contributed by atoms with E-state index in [1.165, 1.54) is 12.4 Å². The number of carbonyl (C=O) groups is 3. The van der Waals surface area contributed by atoms with E-state index in [9.17, 15) is 14.4 Å². The quantitative estimate of drug-likeness (QED) is 0.416. The highest BCUT2D eigenvalue weighted by molar-refractivity contribution is 6.14. The number of rotatable bonds is 6. The van der Waals surface area contributed by atoms with Crippen molar-refractivity contribution < 1.29 is 28.3 Å². The second-order valence-corrected chi connectivity index (χ2v) is 10.4. The van der Waals surface area contributed by atoms with Crippen LogP contribution in [0.5, 0.6) is 5.95 Å². The van der Waals surface area contributed by atoms with E-state index in [1.807, 2.05) is 20.8 Å². The molecular weight excluding hydrogens is 504 g/mol. The zero-order valence-corrected chi connectivity index (χ0v) is 22.3. The molecule has 0 radical (unpaired) electrons. The minimum absolute atomic E-state index is 0.0919. The SMILES string of the molecule is C=Cc1cnc2c(C(=O)Nc3cnccc3N3C[C@H](C)C[C@H](NC(=O)OC(C)(C)C)C3)c(OC(N)=O)oc2c1. The van der Waals surface area contributed by atoms with Gasteiger partial charge in [-0.3, -0.25) is 14.8 Å². The molecule has 12 nitrogen and oxygen atoms in total. The molecule has 0 bridgehead atoms. The Bertz CT molecular complexity index is 1410. The molecule has 0 unspecified atom stereocenters. The average Bonchev–Trinajstić information content (AvgIpc) is 3.18. The van der Waals surface area contributed by atoms with Gasteiger partial charge in [0.05, 0.1) is 17.6 Å². The van der Waals surface area contributed by atoms with Gasteiger partial charge in [-0.05, 0) is 50.8 Å². The second-order valence-electron chi connectivity index (χ2n) is 10.4. The number of furan rings is 1. The number of pyridine rings is 2. The number of carbonyl (C=O) groups excluding carboxylic acids is 3. The number of amides is 3. The summed E-state index contributed by atoms with van der Waals surface area (Å²) in [5.41, 5.74) is 6.67. The first kappa shape index (κ1) is 27.4. The molecule has 0 spiro atoms. The summed E-state index contributed by atoms with van der Waals surface area (Å²) in [6, 6.07) is 3.22. The molecule has 0 saturated carbocycles. The third kappa shape index (κ3) is 6.64. The first-order valence-corrected chi connectivity index (χ1v) is 12.5. The van der Waals surface area contributed by atoms with Crippen LogP contribution in [0.2, 0.25) is 0 Å². The zero-order chi connectivity index (χ0) is 28.3. The number of piperidine rings is 1. The fourth-order valence-corrected chi connectivity index (χ4v) is 4.52. The van der Waals surface area contributed by atoms with Crippen molar-refractivity contribution >= 4 is 46.6 Å². The summed E-state index contributed by atoms with van der Waals surface area (Å²) < 4.78 is 16.0. The minimum atomic E-state index is -1.14. The van der Waals surface area contributed by atoms with E-state index in [4.69, 9.17) is 19.6 Å². The molecule has 0 aliphatic carbocycles. The van der Waals surface area contributed by atoms with Crippen molar-refractivity contribution in [3.8, 4) is 5.95 Å². The molecule has 3 aromatic heterocycles. The summed E-state index contributed by atoms with van der Waals surface area (Å²) in [6.07, 6.45) is 5.37. The van der Waals surface area contributed by atoms with Crippen LogP contribution in [-0.2, 0) is 4.74 Å². The Kier molecular flexibility index (Phi) is 7.75. The van der Waals surface area contributed by atoms with Gasteiger partial charge in [0.1, 0.15) is 11.1 Å². The predicted octanol–water partition coefficient (Wildman–Crippen LogP) is 4.32. The van der Waals surface area contributed by atoms with E-state index in [-0.39, 0.29) is 34.6 Å². The lowest BCUT2D eigenvalue weighted by molar-refractivity contribution is 0.0495. The first-order valence-electron chi connectivity index (χ1n) is 12.5. The van der Waals surface area contributed by atoms with E-state index >= 15 is 0 Å². The maximum Gasteiger partial charge on any atom is 0.412 e. The molecule has 3 aromatic rings. The van der Waals surface area contributed by atoms with E-state index in [0.29, 0.717) is 30.0 Å². The normalized spacial score (nSPS) is 17.4. The van der Waals surface area contributed by atoms with Crippen molar-refractivity contribution in [1.82, 2.24) is 15.3 Å². The van der Waals surface area contributed by atoms with Crippen LogP contribution in [0.1, 0.15) is 50.0 Å². The van der Waals surface area contributed by atoms with Gasteiger partial charge < -0.3 is 35.2 Å². The summed E-state index contributed by atoms with van der Waals surface area (Å²) in [6.45, 7) is 12.4. The average molecular weight is 537 g/mol. The van der Waals surface area contributed by atoms with Crippen molar-refractivity contribution in [3.05, 3.63) is 48.4 Å². The number of hydrogen-bond donors (Lipinski definition) is 3. The molecule has 4 heterocycles. The Morgan fingerprint density at radius 1 is 1.26 bits per heavy atom. The van der Waals surface area contributed by atoms with Crippen LogP contribution in [0.25, 0.3) is 17.2 Å².